The largest absolute Gasteiger partial charge is 0.387 e. The smallest absolute Gasteiger partial charge is 0.255 e. The van der Waals surface area contributed by atoms with E-state index in [0.717, 1.165) is 44.2 Å². The van der Waals surface area contributed by atoms with Gasteiger partial charge < -0.3 is 15.4 Å². The number of amides is 1. The molecule has 2 heterocycles. The number of nitrogens with zero attached hydrogens (tertiary/aromatic N) is 2. The quantitative estimate of drug-likeness (QED) is 0.843. The number of hydrogen-bond donors (Lipinski definition) is 2. The van der Waals surface area contributed by atoms with E-state index in [4.69, 9.17) is 4.74 Å². The van der Waals surface area contributed by atoms with Crippen LogP contribution in [0.5, 0.6) is 0 Å². The third-order valence-corrected chi connectivity index (χ3v) is 3.57. The molecule has 1 aromatic rings. The van der Waals surface area contributed by atoms with Crippen LogP contribution in [-0.2, 0) is 4.74 Å². The molecule has 1 saturated heterocycles. The molecule has 1 amide bonds. The van der Waals surface area contributed by atoms with Crippen LogP contribution in [0.25, 0.3) is 0 Å². The second-order valence-electron chi connectivity index (χ2n) is 5.41. The number of aromatic nitrogens is 1. The minimum absolute atomic E-state index is 0.0848. The Labute approximate surface area is 125 Å². The van der Waals surface area contributed by atoms with Gasteiger partial charge in [0.25, 0.3) is 5.91 Å². The Morgan fingerprint density at radius 3 is 2.86 bits per heavy atom. The van der Waals surface area contributed by atoms with Crippen molar-refractivity contribution in [2.24, 2.45) is 0 Å². The first-order chi connectivity index (χ1) is 10.1. The fourth-order valence-corrected chi connectivity index (χ4v) is 2.47. The molecule has 2 N–H and O–H groups in total. The van der Waals surface area contributed by atoms with Gasteiger partial charge in [-0.3, -0.25) is 14.7 Å². The summed E-state index contributed by atoms with van der Waals surface area (Å²) in [7, 11) is 1.81. The first-order valence-electron chi connectivity index (χ1n) is 7.35. The van der Waals surface area contributed by atoms with Crippen LogP contribution in [0.1, 0.15) is 23.0 Å². The molecule has 1 unspecified atom stereocenters. The van der Waals surface area contributed by atoms with E-state index in [-0.39, 0.29) is 11.9 Å². The van der Waals surface area contributed by atoms with E-state index in [1.807, 2.05) is 27.0 Å². The molecular weight excluding hydrogens is 268 g/mol. The highest BCUT2D eigenvalue weighted by molar-refractivity contribution is 5.99. The summed E-state index contributed by atoms with van der Waals surface area (Å²) in [5.74, 6) is -0.0902. The Bertz CT molecular complexity index is 487. The Hall–Kier alpha value is -1.66. The standard InChI is InChI=1S/C15H24N4O2/c1-11-8-14(16-3)13(9-17-11)15(20)18-12(2)10-19-4-6-21-7-5-19/h8-9,12H,4-7,10H2,1-3H3,(H,16,17)(H,18,20). The molecule has 21 heavy (non-hydrogen) atoms. The molecule has 6 heteroatoms. The summed E-state index contributed by atoms with van der Waals surface area (Å²) in [5, 5.41) is 6.08. The van der Waals surface area contributed by atoms with Crippen molar-refractivity contribution < 1.29 is 9.53 Å². The number of anilines is 1. The first kappa shape index (κ1) is 15.7. The number of ether oxygens (including phenoxy) is 1. The molecule has 116 valence electrons. The molecule has 0 aromatic carbocycles. The average molecular weight is 292 g/mol. The van der Waals surface area contributed by atoms with Gasteiger partial charge in [0.15, 0.2) is 0 Å². The third-order valence-electron chi connectivity index (χ3n) is 3.57. The topological polar surface area (TPSA) is 66.5 Å². The first-order valence-corrected chi connectivity index (χ1v) is 7.35. The number of carbonyl (C=O) groups excluding carboxylic acids is 1. The highest BCUT2D eigenvalue weighted by atomic mass is 16.5. The van der Waals surface area contributed by atoms with Crippen molar-refractivity contribution in [1.82, 2.24) is 15.2 Å². The fraction of sp³-hybridized carbons (Fsp3) is 0.600. The lowest BCUT2D eigenvalue weighted by molar-refractivity contribution is 0.0342. The molecule has 0 saturated carbocycles. The Balaban J connectivity index is 1.94. The van der Waals surface area contributed by atoms with E-state index in [2.05, 4.69) is 20.5 Å². The van der Waals surface area contributed by atoms with Crippen LogP contribution in [0.3, 0.4) is 0 Å². The molecule has 1 fully saturated rings. The van der Waals surface area contributed by atoms with Gasteiger partial charge in [-0.15, -0.1) is 0 Å². The van der Waals surface area contributed by atoms with Gasteiger partial charge in [-0.25, -0.2) is 0 Å². The van der Waals surface area contributed by atoms with E-state index in [1.54, 1.807) is 6.20 Å². The molecule has 1 aliphatic rings. The fourth-order valence-electron chi connectivity index (χ4n) is 2.47. The van der Waals surface area contributed by atoms with Crippen LogP contribution in [-0.4, -0.2) is 61.7 Å². The lowest BCUT2D eigenvalue weighted by Crippen LogP contribution is -2.46. The van der Waals surface area contributed by atoms with Crippen LogP contribution in [0.4, 0.5) is 5.69 Å². The predicted octanol–water partition coefficient (Wildman–Crippen LogP) is 0.882. The van der Waals surface area contributed by atoms with Crippen molar-refractivity contribution in [3.63, 3.8) is 0 Å². The number of nitrogens with one attached hydrogen (secondary N) is 2. The predicted molar refractivity (Wildman–Crippen MR) is 82.7 cm³/mol. The molecule has 6 nitrogen and oxygen atoms in total. The van der Waals surface area contributed by atoms with Crippen LogP contribution in [0, 0.1) is 6.92 Å². The van der Waals surface area contributed by atoms with E-state index >= 15 is 0 Å². The van der Waals surface area contributed by atoms with Crippen molar-refractivity contribution in [2.45, 2.75) is 19.9 Å². The maximum Gasteiger partial charge on any atom is 0.255 e. The summed E-state index contributed by atoms with van der Waals surface area (Å²) in [6, 6.07) is 1.96. The summed E-state index contributed by atoms with van der Waals surface area (Å²) in [6.07, 6.45) is 1.62. The molecule has 1 aromatic heterocycles. The third kappa shape index (κ3) is 4.41. The summed E-state index contributed by atoms with van der Waals surface area (Å²) >= 11 is 0. The Morgan fingerprint density at radius 2 is 2.19 bits per heavy atom. The zero-order valence-electron chi connectivity index (χ0n) is 13.0. The van der Waals surface area contributed by atoms with Gasteiger partial charge in [-0.1, -0.05) is 0 Å². The second kappa shape index (κ2) is 7.38. The lowest BCUT2D eigenvalue weighted by Gasteiger charge is -2.29. The Kier molecular flexibility index (Phi) is 5.52. The van der Waals surface area contributed by atoms with Crippen molar-refractivity contribution in [2.75, 3.05) is 45.2 Å². The van der Waals surface area contributed by atoms with Crippen molar-refractivity contribution in [3.05, 3.63) is 23.5 Å². The second-order valence-corrected chi connectivity index (χ2v) is 5.41. The Morgan fingerprint density at radius 1 is 1.48 bits per heavy atom. The van der Waals surface area contributed by atoms with E-state index < -0.39 is 0 Å². The summed E-state index contributed by atoms with van der Waals surface area (Å²) in [6.45, 7) is 8.15. The monoisotopic (exact) mass is 292 g/mol. The lowest BCUT2D eigenvalue weighted by atomic mass is 10.2. The number of pyridine rings is 1. The van der Waals surface area contributed by atoms with Crippen LogP contribution < -0.4 is 10.6 Å². The van der Waals surface area contributed by atoms with Crippen molar-refractivity contribution in [3.8, 4) is 0 Å². The molecule has 0 spiro atoms. The molecular formula is C15H24N4O2. The molecule has 1 aliphatic heterocycles. The zero-order valence-corrected chi connectivity index (χ0v) is 13.0. The van der Waals surface area contributed by atoms with E-state index in [0.29, 0.717) is 5.56 Å². The van der Waals surface area contributed by atoms with Gasteiger partial charge in [0, 0.05) is 44.6 Å². The summed E-state index contributed by atoms with van der Waals surface area (Å²) in [4.78, 5) is 18.9. The highest BCUT2D eigenvalue weighted by Gasteiger charge is 2.17. The molecule has 0 aliphatic carbocycles. The van der Waals surface area contributed by atoms with Crippen LogP contribution in [0.2, 0.25) is 0 Å². The van der Waals surface area contributed by atoms with Gasteiger partial charge in [-0.2, -0.15) is 0 Å². The average Bonchev–Trinajstić information content (AvgIpc) is 2.47. The van der Waals surface area contributed by atoms with Crippen molar-refractivity contribution >= 4 is 11.6 Å². The number of morpholine rings is 1. The number of hydrogen-bond acceptors (Lipinski definition) is 5. The normalized spacial score (nSPS) is 17.3. The maximum atomic E-state index is 12.4. The zero-order chi connectivity index (χ0) is 15.2. The van der Waals surface area contributed by atoms with E-state index in [1.165, 1.54) is 0 Å². The van der Waals surface area contributed by atoms with E-state index in [9.17, 15) is 4.79 Å². The molecule has 0 radical (unpaired) electrons. The number of rotatable bonds is 5. The van der Waals surface area contributed by atoms with Gasteiger partial charge in [-0.05, 0) is 19.9 Å². The highest BCUT2D eigenvalue weighted by Crippen LogP contribution is 2.15. The van der Waals surface area contributed by atoms with Gasteiger partial charge in [0.05, 0.1) is 24.5 Å². The SMILES string of the molecule is CNc1cc(C)ncc1C(=O)NC(C)CN1CCOCC1. The molecule has 2 rings (SSSR count). The van der Waals surface area contributed by atoms with Crippen LogP contribution in [0.15, 0.2) is 12.3 Å². The van der Waals surface area contributed by atoms with Crippen LogP contribution >= 0.6 is 0 Å². The van der Waals surface area contributed by atoms with Gasteiger partial charge in [0.2, 0.25) is 0 Å². The minimum atomic E-state index is -0.0902. The number of aryl methyl sites for hydroxylation is 1. The molecule has 0 bridgehead atoms. The van der Waals surface area contributed by atoms with Gasteiger partial charge >= 0.3 is 0 Å². The minimum Gasteiger partial charge on any atom is -0.387 e. The summed E-state index contributed by atoms with van der Waals surface area (Å²) in [5.41, 5.74) is 2.27. The number of carbonyl (C=O) groups is 1. The summed E-state index contributed by atoms with van der Waals surface area (Å²) < 4.78 is 5.33. The maximum absolute atomic E-state index is 12.4. The van der Waals surface area contributed by atoms with Gasteiger partial charge in [0.1, 0.15) is 0 Å². The molecule has 1 atom stereocenters. The van der Waals surface area contributed by atoms with Crippen molar-refractivity contribution in [1.29, 1.82) is 0 Å².